The summed E-state index contributed by atoms with van der Waals surface area (Å²) in [4.78, 5) is 0.222. The molecule has 4 aromatic carbocycles. The standard InChI is InChI=1S/C30H25ClN2O3S/c1-19-8-12-23(13-9-19)37(34,35)32-22-11-15-28-25(17-22)29(20-6-4-3-5-7-20)30(36-28)26-18-33(2)27-14-10-21(31)16-24(26)27/h3-18,29-30,32H,1-2H3/t29-,30+/m0/s1. The number of aromatic nitrogens is 1. The Labute approximate surface area is 221 Å². The summed E-state index contributed by atoms with van der Waals surface area (Å²) in [5, 5.41) is 1.70. The minimum absolute atomic E-state index is 0.135. The van der Waals surface area contributed by atoms with Crippen molar-refractivity contribution in [2.24, 2.45) is 7.05 Å². The number of rotatable bonds is 5. The van der Waals surface area contributed by atoms with E-state index in [1.165, 1.54) is 0 Å². The maximum absolute atomic E-state index is 13.1. The molecule has 37 heavy (non-hydrogen) atoms. The predicted octanol–water partition coefficient (Wildman–Crippen LogP) is 7.21. The van der Waals surface area contributed by atoms with Crippen LogP contribution < -0.4 is 9.46 Å². The average molecular weight is 529 g/mol. The fraction of sp³-hybridized carbons (Fsp3) is 0.133. The van der Waals surface area contributed by atoms with Gasteiger partial charge in [-0.3, -0.25) is 4.72 Å². The molecule has 7 heteroatoms. The van der Waals surface area contributed by atoms with E-state index >= 15 is 0 Å². The fourth-order valence-electron chi connectivity index (χ4n) is 5.14. The van der Waals surface area contributed by atoms with Crippen LogP contribution in [-0.2, 0) is 17.1 Å². The number of benzene rings is 4. The lowest BCUT2D eigenvalue weighted by atomic mass is 9.85. The van der Waals surface area contributed by atoms with Crippen molar-refractivity contribution in [2.45, 2.75) is 23.8 Å². The van der Waals surface area contributed by atoms with Gasteiger partial charge >= 0.3 is 0 Å². The molecular weight excluding hydrogens is 504 g/mol. The molecule has 1 aliphatic rings. The van der Waals surface area contributed by atoms with Gasteiger partial charge in [-0.1, -0.05) is 59.6 Å². The topological polar surface area (TPSA) is 60.3 Å². The molecule has 0 fully saturated rings. The third kappa shape index (κ3) is 4.26. The predicted molar refractivity (Wildman–Crippen MR) is 148 cm³/mol. The van der Waals surface area contributed by atoms with Gasteiger partial charge < -0.3 is 9.30 Å². The van der Waals surface area contributed by atoms with Gasteiger partial charge in [-0.05, 0) is 61.0 Å². The van der Waals surface area contributed by atoms with Crippen molar-refractivity contribution >= 4 is 38.2 Å². The molecule has 6 rings (SSSR count). The largest absolute Gasteiger partial charge is 0.484 e. The van der Waals surface area contributed by atoms with Gasteiger partial charge in [0.1, 0.15) is 11.9 Å². The van der Waals surface area contributed by atoms with Gasteiger partial charge in [-0.25, -0.2) is 8.42 Å². The summed E-state index contributed by atoms with van der Waals surface area (Å²) < 4.78 is 37.5. The minimum Gasteiger partial charge on any atom is -0.484 e. The van der Waals surface area contributed by atoms with Crippen LogP contribution >= 0.6 is 11.6 Å². The number of hydrogen-bond acceptors (Lipinski definition) is 3. The highest BCUT2D eigenvalue weighted by Gasteiger charge is 2.38. The zero-order valence-electron chi connectivity index (χ0n) is 20.4. The molecule has 0 saturated heterocycles. The van der Waals surface area contributed by atoms with Gasteiger partial charge in [0.25, 0.3) is 10.0 Å². The second-order valence-electron chi connectivity index (χ2n) is 9.45. The molecule has 0 bridgehead atoms. The average Bonchev–Trinajstić information content (AvgIpc) is 3.41. The maximum Gasteiger partial charge on any atom is 0.261 e. The molecule has 5 nitrogen and oxygen atoms in total. The number of nitrogens with one attached hydrogen (secondary N) is 1. The normalized spacial score (nSPS) is 16.9. The summed E-state index contributed by atoms with van der Waals surface area (Å²) in [5.74, 6) is 0.598. The SMILES string of the molecule is Cc1ccc(S(=O)(=O)Nc2ccc3c(c2)[C@H](c2ccccc2)[C@@H](c2cn(C)c4ccc(Cl)cc24)O3)cc1. The molecule has 0 aliphatic carbocycles. The van der Waals surface area contributed by atoms with Crippen LogP contribution in [0.4, 0.5) is 5.69 Å². The Hall–Kier alpha value is -3.74. The van der Waals surface area contributed by atoms with E-state index in [0.29, 0.717) is 10.7 Å². The summed E-state index contributed by atoms with van der Waals surface area (Å²) in [6.07, 6.45) is 1.79. The summed E-state index contributed by atoms with van der Waals surface area (Å²) >= 11 is 6.38. The molecule has 0 amide bonds. The Kier molecular flexibility index (Phi) is 5.74. The van der Waals surface area contributed by atoms with Crippen molar-refractivity contribution in [3.05, 3.63) is 124 Å². The number of sulfonamides is 1. The van der Waals surface area contributed by atoms with E-state index in [4.69, 9.17) is 16.3 Å². The van der Waals surface area contributed by atoms with Crippen LogP contribution in [0.3, 0.4) is 0 Å². The third-order valence-electron chi connectivity index (χ3n) is 6.93. The van der Waals surface area contributed by atoms with Gasteiger partial charge in [0.05, 0.1) is 10.8 Å². The molecule has 5 aromatic rings. The van der Waals surface area contributed by atoms with E-state index in [2.05, 4.69) is 27.6 Å². The first-order chi connectivity index (χ1) is 17.8. The van der Waals surface area contributed by atoms with E-state index in [-0.39, 0.29) is 16.9 Å². The first-order valence-corrected chi connectivity index (χ1v) is 13.9. The number of aryl methyl sites for hydroxylation is 2. The minimum atomic E-state index is -3.73. The molecule has 1 aliphatic heterocycles. The second kappa shape index (κ2) is 8.98. The van der Waals surface area contributed by atoms with Crippen molar-refractivity contribution < 1.29 is 13.2 Å². The van der Waals surface area contributed by atoms with Gasteiger partial charge in [-0.2, -0.15) is 0 Å². The lowest BCUT2D eigenvalue weighted by Crippen LogP contribution is -2.13. The van der Waals surface area contributed by atoms with Crippen LogP contribution in [-0.4, -0.2) is 13.0 Å². The third-order valence-corrected chi connectivity index (χ3v) is 8.56. The number of hydrogen-bond donors (Lipinski definition) is 1. The van der Waals surface area contributed by atoms with E-state index in [1.807, 2.05) is 62.5 Å². The Morgan fingerprint density at radius 3 is 2.41 bits per heavy atom. The van der Waals surface area contributed by atoms with Crippen LogP contribution in [0.1, 0.15) is 34.3 Å². The quantitative estimate of drug-likeness (QED) is 0.262. The van der Waals surface area contributed by atoms with E-state index < -0.39 is 10.0 Å². The number of nitrogens with zero attached hydrogens (tertiary/aromatic N) is 1. The van der Waals surface area contributed by atoms with Crippen LogP contribution in [0, 0.1) is 6.92 Å². The van der Waals surface area contributed by atoms with Crippen molar-refractivity contribution in [1.29, 1.82) is 0 Å². The summed E-state index contributed by atoms with van der Waals surface area (Å²) in [6.45, 7) is 1.92. The van der Waals surface area contributed by atoms with Gasteiger partial charge in [0, 0.05) is 46.0 Å². The molecule has 186 valence electrons. The van der Waals surface area contributed by atoms with Crippen LogP contribution in [0.5, 0.6) is 5.75 Å². The Bertz CT molecular complexity index is 1730. The van der Waals surface area contributed by atoms with Crippen LogP contribution in [0.25, 0.3) is 10.9 Å². The molecule has 2 atom stereocenters. The molecule has 2 heterocycles. The van der Waals surface area contributed by atoms with Crippen LogP contribution in [0.15, 0.2) is 102 Å². The highest BCUT2D eigenvalue weighted by Crippen LogP contribution is 2.51. The molecule has 1 aromatic heterocycles. The van der Waals surface area contributed by atoms with Gasteiger partial charge in [0.15, 0.2) is 0 Å². The first kappa shape index (κ1) is 23.6. The molecule has 1 N–H and O–H groups in total. The Morgan fingerprint density at radius 1 is 0.892 bits per heavy atom. The summed E-state index contributed by atoms with van der Waals surface area (Å²) in [6, 6.07) is 28.3. The molecular formula is C30H25ClN2O3S. The van der Waals surface area contributed by atoms with E-state index in [9.17, 15) is 8.42 Å². The second-order valence-corrected chi connectivity index (χ2v) is 11.6. The highest BCUT2D eigenvalue weighted by molar-refractivity contribution is 7.92. The number of ether oxygens (including phenoxy) is 1. The fourth-order valence-corrected chi connectivity index (χ4v) is 6.36. The summed E-state index contributed by atoms with van der Waals surface area (Å²) in [5.41, 5.74) is 5.61. The Morgan fingerprint density at radius 2 is 1.65 bits per heavy atom. The number of anilines is 1. The van der Waals surface area contributed by atoms with Crippen molar-refractivity contribution in [1.82, 2.24) is 4.57 Å². The zero-order valence-corrected chi connectivity index (χ0v) is 21.9. The number of halogens is 1. The smallest absolute Gasteiger partial charge is 0.261 e. The highest BCUT2D eigenvalue weighted by atomic mass is 35.5. The van der Waals surface area contributed by atoms with Crippen molar-refractivity contribution in [3.63, 3.8) is 0 Å². The van der Waals surface area contributed by atoms with Crippen LogP contribution in [0.2, 0.25) is 5.02 Å². The molecule has 0 spiro atoms. The first-order valence-electron chi connectivity index (χ1n) is 12.0. The zero-order chi connectivity index (χ0) is 25.7. The van der Waals surface area contributed by atoms with Gasteiger partial charge in [0.2, 0.25) is 0 Å². The lowest BCUT2D eigenvalue weighted by Gasteiger charge is -2.20. The van der Waals surface area contributed by atoms with Gasteiger partial charge in [-0.15, -0.1) is 0 Å². The Balaban J connectivity index is 1.44. The number of fused-ring (bicyclic) bond motifs is 2. The van der Waals surface area contributed by atoms with E-state index in [1.54, 1.807) is 30.3 Å². The molecule has 0 unspecified atom stereocenters. The molecule has 0 saturated carbocycles. The van der Waals surface area contributed by atoms with E-state index in [0.717, 1.165) is 38.9 Å². The van der Waals surface area contributed by atoms with Crippen molar-refractivity contribution in [2.75, 3.05) is 4.72 Å². The monoisotopic (exact) mass is 528 g/mol. The molecule has 0 radical (unpaired) electrons. The lowest BCUT2D eigenvalue weighted by molar-refractivity contribution is 0.224. The van der Waals surface area contributed by atoms with Crippen molar-refractivity contribution in [3.8, 4) is 5.75 Å². The summed E-state index contributed by atoms with van der Waals surface area (Å²) in [7, 11) is -1.72. The maximum atomic E-state index is 13.1.